The molecule has 0 aromatic heterocycles. The van der Waals surface area contributed by atoms with E-state index < -0.39 is 22.0 Å². The summed E-state index contributed by atoms with van der Waals surface area (Å²) in [4.78, 5) is 32.9. The Hall–Kier alpha value is -3.28. The van der Waals surface area contributed by atoms with Crippen molar-refractivity contribution in [2.45, 2.75) is 46.5 Å². The van der Waals surface area contributed by atoms with E-state index in [9.17, 15) is 24.9 Å². The van der Waals surface area contributed by atoms with Gasteiger partial charge in [0.25, 0.3) is 0 Å². The third-order valence-corrected chi connectivity index (χ3v) is 3.09. The number of carbonyl (C=O) groups is 1. The minimum absolute atomic E-state index is 0.187. The molecule has 0 atom stereocenters. The first-order valence-electron chi connectivity index (χ1n) is 8.56. The van der Waals surface area contributed by atoms with Gasteiger partial charge >= 0.3 is 5.69 Å². The van der Waals surface area contributed by atoms with E-state index in [1.165, 1.54) is 12.5 Å². The van der Waals surface area contributed by atoms with Crippen molar-refractivity contribution in [2.75, 3.05) is 6.54 Å². The molecule has 27 heavy (non-hydrogen) atoms. The quantitative estimate of drug-likeness (QED) is 0.227. The molecule has 1 aromatic carbocycles. The number of nitro groups is 1. The fourth-order valence-electron chi connectivity index (χ4n) is 2.00. The molecule has 0 bridgehead atoms. The number of aromatic hydroxyl groups is 1. The Bertz CT molecular complexity index is 738. The second-order valence-electron chi connectivity index (χ2n) is 5.50. The average molecular weight is 376 g/mol. The molecule has 1 rings (SSSR count). The van der Waals surface area contributed by atoms with Gasteiger partial charge in [0.2, 0.25) is 11.7 Å². The number of benzene rings is 1. The monoisotopic (exact) mass is 376 g/mol. The molecule has 1 amide bonds. The van der Waals surface area contributed by atoms with Gasteiger partial charge in [0.05, 0.1) is 11.0 Å². The van der Waals surface area contributed by atoms with E-state index in [1.54, 1.807) is 6.92 Å². The summed E-state index contributed by atoms with van der Waals surface area (Å²) in [5, 5.41) is 34.3. The smallest absolute Gasteiger partial charge is 0.313 e. The van der Waals surface area contributed by atoms with Crippen LogP contribution in [0.5, 0.6) is 5.75 Å². The number of phenols is 1. The molecule has 0 aliphatic carbocycles. The molecule has 9 nitrogen and oxygen atoms in total. The molecule has 0 unspecified atom stereocenters. The topological polar surface area (TPSA) is 146 Å². The highest BCUT2D eigenvalue weighted by Crippen LogP contribution is 2.37. The highest BCUT2D eigenvalue weighted by Gasteiger charge is 2.20. The van der Waals surface area contributed by atoms with Gasteiger partial charge in [-0.15, -0.1) is 4.91 Å². The van der Waals surface area contributed by atoms with Crippen LogP contribution >= 0.6 is 0 Å². The Morgan fingerprint density at radius 1 is 1.41 bits per heavy atom. The highest BCUT2D eigenvalue weighted by molar-refractivity contribution is 5.98. The zero-order valence-corrected chi connectivity index (χ0v) is 15.7. The third-order valence-electron chi connectivity index (χ3n) is 3.09. The normalized spacial score (nSPS) is 10.2. The second kappa shape index (κ2) is 13.0. The van der Waals surface area contributed by atoms with Crippen molar-refractivity contribution in [1.29, 1.82) is 5.26 Å². The minimum Gasteiger partial charge on any atom is -0.501 e. The van der Waals surface area contributed by atoms with E-state index >= 15 is 0 Å². The van der Waals surface area contributed by atoms with E-state index in [0.29, 0.717) is 18.5 Å². The van der Waals surface area contributed by atoms with Gasteiger partial charge in [0.1, 0.15) is 0 Å². The number of nitriles is 1. The molecule has 146 valence electrons. The molecular formula is C18H24N4O5. The largest absolute Gasteiger partial charge is 0.501 e. The lowest BCUT2D eigenvalue weighted by atomic mass is 10.0. The molecule has 0 fully saturated rings. The Kier molecular flexibility index (Phi) is 11.4. The molecule has 0 saturated heterocycles. The number of hydrogen-bond donors (Lipinski definition) is 2. The lowest BCUT2D eigenvalue weighted by Crippen LogP contribution is -2.24. The molecule has 0 saturated carbocycles. The summed E-state index contributed by atoms with van der Waals surface area (Å²) in [5.74, 6) is -1.19. The Balaban J connectivity index is 0.00000210. The van der Waals surface area contributed by atoms with Crippen LogP contribution in [0.2, 0.25) is 0 Å². The summed E-state index contributed by atoms with van der Waals surface area (Å²) in [6, 6.07) is 4.17. The van der Waals surface area contributed by atoms with Crippen LogP contribution in [0.25, 0.3) is 6.08 Å². The number of likely N-dealkylation sites (N-methyl/N-ethyl adjacent to an activating group) is 1. The van der Waals surface area contributed by atoms with Crippen molar-refractivity contribution in [2.24, 2.45) is 5.18 Å². The maximum Gasteiger partial charge on any atom is 0.313 e. The standard InChI is InChI=1S/C15H16N4O5.C3H8/c1-2-17-15(21)11(5-3-4-6-16)7-10-8-12(18-22)14(20)13(9-10)19(23)24;1-3-2/h7-9,20H,2-5H2,1H3,(H,17,21);3H2,1-2H3/b11-7+;. The summed E-state index contributed by atoms with van der Waals surface area (Å²) in [6.07, 6.45) is 3.62. The van der Waals surface area contributed by atoms with E-state index in [1.807, 2.05) is 6.07 Å². The van der Waals surface area contributed by atoms with Crippen molar-refractivity contribution in [3.05, 3.63) is 38.3 Å². The first kappa shape index (κ1) is 23.7. The van der Waals surface area contributed by atoms with Crippen LogP contribution < -0.4 is 5.32 Å². The third kappa shape index (κ3) is 8.09. The van der Waals surface area contributed by atoms with Crippen LogP contribution in [0.15, 0.2) is 22.9 Å². The van der Waals surface area contributed by atoms with Gasteiger partial charge in [0, 0.05) is 24.6 Å². The number of carbonyl (C=O) groups excluding carboxylic acids is 1. The van der Waals surface area contributed by atoms with Crippen molar-refractivity contribution in [1.82, 2.24) is 5.32 Å². The predicted octanol–water partition coefficient (Wildman–Crippen LogP) is 4.33. The molecule has 1 aromatic rings. The molecule has 0 radical (unpaired) electrons. The fourth-order valence-corrected chi connectivity index (χ4v) is 2.00. The minimum atomic E-state index is -0.844. The van der Waals surface area contributed by atoms with Crippen LogP contribution in [0.4, 0.5) is 11.4 Å². The van der Waals surface area contributed by atoms with Gasteiger partial charge in [-0.05, 0) is 42.6 Å². The predicted molar refractivity (Wildman–Crippen MR) is 102 cm³/mol. The van der Waals surface area contributed by atoms with E-state index in [4.69, 9.17) is 5.26 Å². The van der Waals surface area contributed by atoms with Crippen LogP contribution in [-0.4, -0.2) is 22.5 Å². The SMILES string of the molecule is CCC.CCNC(=O)/C(=C/c1cc(N=O)c(O)c([N+](=O)[O-])c1)CCCC#N. The maximum atomic E-state index is 12.1. The van der Waals surface area contributed by atoms with Gasteiger partial charge < -0.3 is 10.4 Å². The van der Waals surface area contributed by atoms with Gasteiger partial charge in [-0.3, -0.25) is 14.9 Å². The summed E-state index contributed by atoms with van der Waals surface area (Å²) in [6.45, 7) is 6.38. The number of nitrogens with one attached hydrogen (secondary N) is 1. The van der Waals surface area contributed by atoms with Crippen LogP contribution in [0.1, 0.15) is 52.0 Å². The lowest BCUT2D eigenvalue weighted by molar-refractivity contribution is -0.385. The van der Waals surface area contributed by atoms with Gasteiger partial charge in [0.15, 0.2) is 5.69 Å². The molecular weight excluding hydrogens is 352 g/mol. The lowest BCUT2D eigenvalue weighted by Gasteiger charge is -2.07. The molecule has 2 N–H and O–H groups in total. The Morgan fingerprint density at radius 2 is 2.04 bits per heavy atom. The molecule has 9 heteroatoms. The van der Waals surface area contributed by atoms with Crippen LogP contribution in [0, 0.1) is 26.4 Å². The summed E-state index contributed by atoms with van der Waals surface area (Å²) in [5.41, 5.74) is -0.662. The van der Waals surface area contributed by atoms with Gasteiger partial charge in [-0.1, -0.05) is 20.3 Å². The van der Waals surface area contributed by atoms with E-state index in [-0.39, 0.29) is 24.3 Å². The summed E-state index contributed by atoms with van der Waals surface area (Å²) >= 11 is 0. The maximum absolute atomic E-state index is 12.1. The number of phenolic OH excluding ortho intramolecular Hbond substituents is 1. The van der Waals surface area contributed by atoms with Gasteiger partial charge in [-0.25, -0.2) is 0 Å². The van der Waals surface area contributed by atoms with Crippen LogP contribution in [0.3, 0.4) is 0 Å². The van der Waals surface area contributed by atoms with Crippen molar-refractivity contribution in [3.63, 3.8) is 0 Å². The second-order valence-corrected chi connectivity index (χ2v) is 5.50. The van der Waals surface area contributed by atoms with Gasteiger partial charge in [-0.2, -0.15) is 5.26 Å². The zero-order chi connectivity index (χ0) is 20.8. The fraction of sp³-hybridized carbons (Fsp3) is 0.444. The molecule has 0 aliphatic heterocycles. The Labute approximate surface area is 157 Å². The molecule has 0 heterocycles. The van der Waals surface area contributed by atoms with E-state index in [0.717, 1.165) is 12.1 Å². The van der Waals surface area contributed by atoms with Crippen LogP contribution in [-0.2, 0) is 4.79 Å². The summed E-state index contributed by atoms with van der Waals surface area (Å²) in [7, 11) is 0. The first-order chi connectivity index (χ1) is 12.9. The number of nitrogens with zero attached hydrogens (tertiary/aromatic N) is 3. The zero-order valence-electron chi connectivity index (χ0n) is 15.7. The first-order valence-corrected chi connectivity index (χ1v) is 8.56. The number of nitroso groups, excluding NO2 is 1. The number of rotatable bonds is 8. The molecule has 0 aliphatic rings. The van der Waals surface area contributed by atoms with Crippen molar-refractivity contribution >= 4 is 23.4 Å². The van der Waals surface area contributed by atoms with Crippen molar-refractivity contribution in [3.8, 4) is 11.8 Å². The average Bonchev–Trinajstić information content (AvgIpc) is 2.62. The van der Waals surface area contributed by atoms with E-state index in [2.05, 4.69) is 24.3 Å². The number of amides is 1. The number of unbranched alkanes of at least 4 members (excludes halogenated alkanes) is 1. The number of nitro benzene ring substituents is 1. The Morgan fingerprint density at radius 3 is 2.52 bits per heavy atom. The molecule has 0 spiro atoms. The number of hydrogen-bond acceptors (Lipinski definition) is 7. The van der Waals surface area contributed by atoms with Crippen molar-refractivity contribution < 1.29 is 14.8 Å². The summed E-state index contributed by atoms with van der Waals surface area (Å²) < 4.78 is 0. The highest BCUT2D eigenvalue weighted by atomic mass is 16.6.